The maximum absolute atomic E-state index is 5.26. The van der Waals surface area contributed by atoms with Gasteiger partial charge in [0.15, 0.2) is 0 Å². The number of aryl methyl sites for hydroxylation is 1. The van der Waals surface area contributed by atoms with E-state index in [1.54, 1.807) is 0 Å². The molecule has 1 aliphatic rings. The summed E-state index contributed by atoms with van der Waals surface area (Å²) in [5.74, 6) is 1.04. The third kappa shape index (κ3) is 1.30. The molecule has 66 valence electrons. The molecule has 1 aromatic rings. The van der Waals surface area contributed by atoms with Crippen LogP contribution >= 0.6 is 0 Å². The van der Waals surface area contributed by atoms with E-state index >= 15 is 0 Å². The van der Waals surface area contributed by atoms with E-state index in [0.717, 1.165) is 32.1 Å². The van der Waals surface area contributed by atoms with Gasteiger partial charge in [-0.2, -0.15) is 0 Å². The van der Waals surface area contributed by atoms with Crippen LogP contribution in [0.1, 0.15) is 5.82 Å². The summed E-state index contributed by atoms with van der Waals surface area (Å²) in [5, 5.41) is 2.24. The number of morpholine rings is 1. The molecular formula is C8H13N3O. The Balaban J connectivity index is 2.13. The van der Waals surface area contributed by atoms with Crippen molar-refractivity contribution in [2.45, 2.75) is 6.92 Å². The summed E-state index contributed by atoms with van der Waals surface area (Å²) in [6.07, 6.45) is 3.81. The Hall–Kier alpha value is -1.03. The van der Waals surface area contributed by atoms with Crippen LogP contribution in [0.4, 0.5) is 0 Å². The maximum atomic E-state index is 5.26. The van der Waals surface area contributed by atoms with Crippen molar-refractivity contribution in [2.75, 3.05) is 31.3 Å². The third-order valence-corrected chi connectivity index (χ3v) is 2.09. The molecule has 2 rings (SSSR count). The van der Waals surface area contributed by atoms with E-state index in [4.69, 9.17) is 4.74 Å². The van der Waals surface area contributed by atoms with E-state index in [9.17, 15) is 0 Å². The molecule has 0 unspecified atom stereocenters. The van der Waals surface area contributed by atoms with Crippen LogP contribution in [0.3, 0.4) is 0 Å². The van der Waals surface area contributed by atoms with Crippen molar-refractivity contribution in [3.63, 3.8) is 0 Å². The second kappa shape index (κ2) is 3.15. The van der Waals surface area contributed by atoms with Crippen molar-refractivity contribution in [2.24, 2.45) is 0 Å². The molecule has 0 aromatic carbocycles. The fourth-order valence-corrected chi connectivity index (χ4v) is 1.44. The van der Waals surface area contributed by atoms with Crippen LogP contribution in [-0.2, 0) is 4.74 Å². The van der Waals surface area contributed by atoms with Gasteiger partial charge in [0.2, 0.25) is 0 Å². The first-order valence-electron chi connectivity index (χ1n) is 4.21. The molecule has 0 N–H and O–H groups in total. The fourth-order valence-electron chi connectivity index (χ4n) is 1.44. The lowest BCUT2D eigenvalue weighted by Gasteiger charge is -2.30. The average Bonchev–Trinajstić information content (AvgIpc) is 2.53. The van der Waals surface area contributed by atoms with Gasteiger partial charge in [-0.1, -0.05) is 0 Å². The molecular weight excluding hydrogens is 154 g/mol. The summed E-state index contributed by atoms with van der Waals surface area (Å²) < 4.78 is 7.35. The maximum Gasteiger partial charge on any atom is 0.124 e. The molecule has 0 radical (unpaired) electrons. The summed E-state index contributed by atoms with van der Waals surface area (Å²) >= 11 is 0. The quantitative estimate of drug-likeness (QED) is 0.597. The SMILES string of the molecule is Cc1nccn1N1CCOCC1. The minimum absolute atomic E-state index is 0.817. The smallest absolute Gasteiger partial charge is 0.124 e. The van der Waals surface area contributed by atoms with E-state index in [1.807, 2.05) is 19.3 Å². The highest BCUT2D eigenvalue weighted by atomic mass is 16.5. The summed E-state index contributed by atoms with van der Waals surface area (Å²) in [7, 11) is 0. The van der Waals surface area contributed by atoms with Crippen LogP contribution in [0, 0.1) is 6.92 Å². The Morgan fingerprint density at radius 1 is 1.42 bits per heavy atom. The Bertz CT molecular complexity index is 253. The number of aromatic nitrogens is 2. The number of rotatable bonds is 1. The molecule has 0 aliphatic carbocycles. The van der Waals surface area contributed by atoms with Gasteiger partial charge in [-0.05, 0) is 6.92 Å². The number of hydrogen-bond acceptors (Lipinski definition) is 3. The van der Waals surface area contributed by atoms with Crippen LogP contribution in [0.25, 0.3) is 0 Å². The predicted molar refractivity (Wildman–Crippen MR) is 45.7 cm³/mol. The van der Waals surface area contributed by atoms with Gasteiger partial charge in [0.25, 0.3) is 0 Å². The predicted octanol–water partition coefficient (Wildman–Crippen LogP) is 0.160. The van der Waals surface area contributed by atoms with E-state index in [-0.39, 0.29) is 0 Å². The van der Waals surface area contributed by atoms with Crippen LogP contribution in [-0.4, -0.2) is 36.0 Å². The molecule has 1 aliphatic heterocycles. The Morgan fingerprint density at radius 2 is 2.17 bits per heavy atom. The largest absolute Gasteiger partial charge is 0.378 e. The minimum atomic E-state index is 0.817. The molecule has 2 heterocycles. The number of hydrogen-bond donors (Lipinski definition) is 0. The third-order valence-electron chi connectivity index (χ3n) is 2.09. The Morgan fingerprint density at radius 3 is 2.75 bits per heavy atom. The zero-order valence-corrected chi connectivity index (χ0v) is 7.23. The Kier molecular flexibility index (Phi) is 1.99. The molecule has 1 fully saturated rings. The normalized spacial score (nSPS) is 18.2. The number of ether oxygens (including phenoxy) is 1. The van der Waals surface area contributed by atoms with E-state index in [0.29, 0.717) is 0 Å². The minimum Gasteiger partial charge on any atom is -0.378 e. The Labute approximate surface area is 71.7 Å². The van der Waals surface area contributed by atoms with Crippen molar-refractivity contribution in [1.29, 1.82) is 0 Å². The van der Waals surface area contributed by atoms with Crippen LogP contribution in [0.15, 0.2) is 12.4 Å². The lowest BCUT2D eigenvalue weighted by Crippen LogP contribution is -2.44. The van der Waals surface area contributed by atoms with Gasteiger partial charge in [-0.3, -0.25) is 0 Å². The van der Waals surface area contributed by atoms with Crippen LogP contribution in [0.5, 0.6) is 0 Å². The highest BCUT2D eigenvalue weighted by molar-refractivity contribution is 4.98. The topological polar surface area (TPSA) is 30.3 Å². The summed E-state index contributed by atoms with van der Waals surface area (Å²) in [4.78, 5) is 4.17. The highest BCUT2D eigenvalue weighted by Crippen LogP contribution is 2.00. The number of nitrogens with zero attached hydrogens (tertiary/aromatic N) is 3. The highest BCUT2D eigenvalue weighted by Gasteiger charge is 2.11. The zero-order chi connectivity index (χ0) is 8.39. The molecule has 4 nitrogen and oxygen atoms in total. The van der Waals surface area contributed by atoms with Gasteiger partial charge in [0, 0.05) is 12.4 Å². The van der Waals surface area contributed by atoms with E-state index in [2.05, 4.69) is 14.7 Å². The molecule has 0 saturated carbocycles. The molecule has 4 heteroatoms. The van der Waals surface area contributed by atoms with Gasteiger partial charge in [0.05, 0.1) is 26.3 Å². The van der Waals surface area contributed by atoms with Crippen molar-refractivity contribution in [1.82, 2.24) is 9.66 Å². The molecule has 0 bridgehead atoms. The summed E-state index contributed by atoms with van der Waals surface area (Å²) in [6, 6.07) is 0. The first-order valence-corrected chi connectivity index (χ1v) is 4.21. The lowest BCUT2D eigenvalue weighted by molar-refractivity contribution is 0.111. The van der Waals surface area contributed by atoms with Gasteiger partial charge < -0.3 is 9.75 Å². The fraction of sp³-hybridized carbons (Fsp3) is 0.625. The van der Waals surface area contributed by atoms with Crippen molar-refractivity contribution < 1.29 is 4.74 Å². The van der Waals surface area contributed by atoms with Gasteiger partial charge >= 0.3 is 0 Å². The van der Waals surface area contributed by atoms with Crippen LogP contribution < -0.4 is 5.01 Å². The first kappa shape index (κ1) is 7.61. The molecule has 12 heavy (non-hydrogen) atoms. The molecule has 1 aromatic heterocycles. The van der Waals surface area contributed by atoms with E-state index < -0.39 is 0 Å². The first-order chi connectivity index (χ1) is 5.88. The summed E-state index contributed by atoms with van der Waals surface area (Å²) in [6.45, 7) is 5.55. The second-order valence-electron chi connectivity index (χ2n) is 2.89. The monoisotopic (exact) mass is 167 g/mol. The molecule has 1 saturated heterocycles. The van der Waals surface area contributed by atoms with Crippen LogP contribution in [0.2, 0.25) is 0 Å². The standard InChI is InChI=1S/C8H13N3O/c1-8-9-2-3-11(8)10-4-6-12-7-5-10/h2-3H,4-7H2,1H3. The zero-order valence-electron chi connectivity index (χ0n) is 7.23. The molecule has 0 amide bonds. The van der Waals surface area contributed by atoms with Crippen molar-refractivity contribution in [3.05, 3.63) is 18.2 Å². The average molecular weight is 167 g/mol. The molecule has 0 atom stereocenters. The van der Waals surface area contributed by atoms with Gasteiger partial charge in [0.1, 0.15) is 5.82 Å². The number of imidazole rings is 1. The van der Waals surface area contributed by atoms with Crippen molar-refractivity contribution >= 4 is 0 Å². The summed E-state index contributed by atoms with van der Waals surface area (Å²) in [5.41, 5.74) is 0. The van der Waals surface area contributed by atoms with Gasteiger partial charge in [-0.25, -0.2) is 9.66 Å². The van der Waals surface area contributed by atoms with Gasteiger partial charge in [-0.15, -0.1) is 0 Å². The second-order valence-corrected chi connectivity index (χ2v) is 2.89. The lowest BCUT2D eigenvalue weighted by atomic mass is 10.5. The van der Waals surface area contributed by atoms with E-state index in [1.165, 1.54) is 0 Å². The molecule has 0 spiro atoms. The van der Waals surface area contributed by atoms with Crippen molar-refractivity contribution in [3.8, 4) is 0 Å².